The van der Waals surface area contributed by atoms with E-state index in [4.69, 9.17) is 19.3 Å². The van der Waals surface area contributed by atoms with Crippen LogP contribution in [0.5, 0.6) is 0 Å². The van der Waals surface area contributed by atoms with Gasteiger partial charge in [-0.2, -0.15) is 0 Å². The zero-order chi connectivity index (χ0) is 25.5. The van der Waals surface area contributed by atoms with Gasteiger partial charge in [0.15, 0.2) is 5.76 Å². The highest BCUT2D eigenvalue weighted by molar-refractivity contribution is 5.95. The first-order valence-corrected chi connectivity index (χ1v) is 11.8. The molecule has 2 aromatic carbocycles. The Kier molecular flexibility index (Phi) is 8.48. The molecule has 0 unspecified atom stereocenters. The van der Waals surface area contributed by atoms with Gasteiger partial charge in [-0.1, -0.05) is 30.3 Å². The number of amides is 1. The molecular formula is C27H29FN2O6. The van der Waals surface area contributed by atoms with E-state index < -0.39 is 12.2 Å². The van der Waals surface area contributed by atoms with Gasteiger partial charge in [0.1, 0.15) is 5.82 Å². The summed E-state index contributed by atoms with van der Waals surface area (Å²) in [5.74, 6) is -1.03. The Morgan fingerprint density at radius 2 is 1.92 bits per heavy atom. The molecule has 2 N–H and O–H groups in total. The van der Waals surface area contributed by atoms with Gasteiger partial charge >= 0.3 is 0 Å². The summed E-state index contributed by atoms with van der Waals surface area (Å²) in [5.41, 5.74) is 2.42. The van der Waals surface area contributed by atoms with E-state index in [-0.39, 0.29) is 56.4 Å². The summed E-state index contributed by atoms with van der Waals surface area (Å²) in [5, 5.41) is 12.6. The van der Waals surface area contributed by atoms with Crippen molar-refractivity contribution >= 4 is 22.7 Å². The Balaban J connectivity index is 1.56. The summed E-state index contributed by atoms with van der Waals surface area (Å²) >= 11 is 0. The second-order valence-electron chi connectivity index (χ2n) is 8.43. The number of allylic oxidation sites excluding steroid dienone is 1. The highest BCUT2D eigenvalue weighted by Crippen LogP contribution is 2.36. The highest BCUT2D eigenvalue weighted by atomic mass is 19.1. The van der Waals surface area contributed by atoms with Crippen LogP contribution < -0.4 is 5.32 Å². The maximum absolute atomic E-state index is 13.2. The molecule has 1 aromatic heterocycles. The molecule has 2 atom stereocenters. The van der Waals surface area contributed by atoms with Crippen LogP contribution in [0.2, 0.25) is 0 Å². The maximum atomic E-state index is 13.2. The van der Waals surface area contributed by atoms with Crippen LogP contribution in [0.1, 0.15) is 35.2 Å². The molecule has 0 fully saturated rings. The number of carbonyl (C=O) groups is 2. The van der Waals surface area contributed by atoms with Crippen molar-refractivity contribution < 1.29 is 33.3 Å². The van der Waals surface area contributed by atoms with Crippen LogP contribution in [0.3, 0.4) is 0 Å². The predicted octanol–water partition coefficient (Wildman–Crippen LogP) is 3.50. The third kappa shape index (κ3) is 6.17. The number of fused-ring (bicyclic) bond motifs is 1. The van der Waals surface area contributed by atoms with Gasteiger partial charge in [0, 0.05) is 37.4 Å². The van der Waals surface area contributed by atoms with E-state index >= 15 is 0 Å². The minimum atomic E-state index is -0.719. The molecule has 0 saturated carbocycles. The molecule has 36 heavy (non-hydrogen) atoms. The summed E-state index contributed by atoms with van der Waals surface area (Å²) in [6.07, 6.45) is 3.26. The second-order valence-corrected chi connectivity index (χ2v) is 8.43. The van der Waals surface area contributed by atoms with Crippen molar-refractivity contribution in [3.63, 3.8) is 0 Å². The fourth-order valence-electron chi connectivity index (χ4n) is 4.17. The molecule has 0 bridgehead atoms. The monoisotopic (exact) mass is 496 g/mol. The number of ether oxygens (including phenoxy) is 3. The molecule has 9 heteroatoms. The van der Waals surface area contributed by atoms with Crippen molar-refractivity contribution in [2.45, 2.75) is 32.1 Å². The fourth-order valence-corrected chi connectivity index (χ4v) is 4.17. The number of carbonyl (C=O) groups excluding carboxylic acids is 2. The Morgan fingerprint density at radius 3 is 2.67 bits per heavy atom. The molecule has 8 nitrogen and oxygen atoms in total. The summed E-state index contributed by atoms with van der Waals surface area (Å²) < 4.78 is 31.7. The number of aliphatic hydroxyl groups is 1. The Morgan fingerprint density at radius 1 is 1.14 bits per heavy atom. The third-order valence-electron chi connectivity index (χ3n) is 5.90. The van der Waals surface area contributed by atoms with E-state index in [9.17, 15) is 14.0 Å². The average Bonchev–Trinajstić information content (AvgIpc) is 3.28. The van der Waals surface area contributed by atoms with Gasteiger partial charge in [-0.25, -0.2) is 4.39 Å². The maximum Gasteiger partial charge on any atom is 0.286 e. The number of para-hydroxylation sites is 1. The molecular weight excluding hydrogens is 467 g/mol. The Hall–Kier alpha value is -3.53. The number of hydrogen-bond donors (Lipinski definition) is 2. The molecule has 4 rings (SSSR count). The quantitative estimate of drug-likeness (QED) is 0.417. The smallest absolute Gasteiger partial charge is 0.286 e. The van der Waals surface area contributed by atoms with E-state index in [0.29, 0.717) is 6.42 Å². The van der Waals surface area contributed by atoms with Crippen LogP contribution in [0, 0.1) is 5.82 Å². The van der Waals surface area contributed by atoms with Gasteiger partial charge in [-0.3, -0.25) is 14.2 Å². The topological polar surface area (TPSA) is 99.0 Å². The SMILES string of the molecule is CC(=O)n1cc([C@@H]2C=C(C(=O)NCc3ccc(F)cc3)O[C@H](OCCOCCO)C2)c2ccccc21. The molecule has 0 spiro atoms. The number of aliphatic hydroxyl groups excluding tert-OH is 1. The zero-order valence-electron chi connectivity index (χ0n) is 20.0. The molecule has 3 aromatic rings. The van der Waals surface area contributed by atoms with E-state index in [1.54, 1.807) is 29.0 Å². The van der Waals surface area contributed by atoms with Gasteiger partial charge in [0.25, 0.3) is 5.91 Å². The van der Waals surface area contributed by atoms with Crippen LogP contribution >= 0.6 is 0 Å². The van der Waals surface area contributed by atoms with E-state index in [2.05, 4.69) is 5.32 Å². The second kappa shape index (κ2) is 11.9. The van der Waals surface area contributed by atoms with Crippen molar-refractivity contribution in [3.05, 3.63) is 83.5 Å². The third-order valence-corrected chi connectivity index (χ3v) is 5.90. The number of aromatic nitrogens is 1. The van der Waals surface area contributed by atoms with Gasteiger partial charge in [-0.05, 0) is 35.4 Å². The van der Waals surface area contributed by atoms with E-state index in [1.807, 2.05) is 24.3 Å². The van der Waals surface area contributed by atoms with Crippen molar-refractivity contribution in [1.29, 1.82) is 0 Å². The number of hydrogen-bond acceptors (Lipinski definition) is 6. The number of benzene rings is 2. The number of halogens is 1. The largest absolute Gasteiger partial charge is 0.459 e. The van der Waals surface area contributed by atoms with Crippen LogP contribution in [0.15, 0.2) is 66.6 Å². The first-order valence-electron chi connectivity index (χ1n) is 11.8. The average molecular weight is 497 g/mol. The molecule has 0 radical (unpaired) electrons. The predicted molar refractivity (Wildman–Crippen MR) is 131 cm³/mol. The summed E-state index contributed by atoms with van der Waals surface area (Å²) in [6.45, 7) is 2.32. The van der Waals surface area contributed by atoms with E-state index in [0.717, 1.165) is 22.0 Å². The van der Waals surface area contributed by atoms with Gasteiger partial charge < -0.3 is 24.6 Å². The minimum Gasteiger partial charge on any atom is -0.459 e. The van der Waals surface area contributed by atoms with Crippen molar-refractivity contribution in [2.75, 3.05) is 26.4 Å². The Bertz CT molecular complexity index is 1240. The minimum absolute atomic E-state index is 0.0800. The first-order chi connectivity index (χ1) is 17.5. The molecule has 190 valence electrons. The lowest BCUT2D eigenvalue weighted by Gasteiger charge is -2.29. The van der Waals surface area contributed by atoms with Crippen molar-refractivity contribution in [3.8, 4) is 0 Å². The number of rotatable bonds is 10. The lowest BCUT2D eigenvalue weighted by molar-refractivity contribution is -0.151. The van der Waals surface area contributed by atoms with Crippen LogP contribution in [0.4, 0.5) is 4.39 Å². The molecule has 0 aliphatic carbocycles. The van der Waals surface area contributed by atoms with Crippen LogP contribution in [-0.2, 0) is 25.5 Å². The lowest BCUT2D eigenvalue weighted by atomic mass is 9.92. The molecule has 0 saturated heterocycles. The van der Waals surface area contributed by atoms with Gasteiger partial charge in [0.05, 0.1) is 31.9 Å². The summed E-state index contributed by atoms with van der Waals surface area (Å²) in [7, 11) is 0. The summed E-state index contributed by atoms with van der Waals surface area (Å²) in [6, 6.07) is 13.5. The van der Waals surface area contributed by atoms with Crippen LogP contribution in [-0.4, -0.2) is 54.2 Å². The molecule has 1 aliphatic heterocycles. The van der Waals surface area contributed by atoms with Crippen molar-refractivity contribution in [1.82, 2.24) is 9.88 Å². The standard InChI is InChI=1S/C27H29FN2O6/c1-18(32)30-17-23(22-4-2-3-5-24(22)30)20-14-25(36-26(15-20)35-13-12-34-11-10-31)27(33)29-16-19-6-8-21(28)9-7-19/h2-9,14,17,20,26,31H,10-13,15-16H2,1H3,(H,29,33)/t20-,26+/m1/s1. The molecule has 2 heterocycles. The molecule has 1 aliphatic rings. The van der Waals surface area contributed by atoms with E-state index in [1.165, 1.54) is 19.1 Å². The lowest BCUT2D eigenvalue weighted by Crippen LogP contribution is -2.33. The normalized spacial score (nSPS) is 17.5. The fraction of sp³-hybridized carbons (Fsp3) is 0.333. The number of nitrogens with zero attached hydrogens (tertiary/aromatic N) is 1. The molecule has 1 amide bonds. The summed E-state index contributed by atoms with van der Waals surface area (Å²) in [4.78, 5) is 25.2. The number of nitrogens with one attached hydrogen (secondary N) is 1. The van der Waals surface area contributed by atoms with Gasteiger partial charge in [-0.15, -0.1) is 0 Å². The van der Waals surface area contributed by atoms with Crippen LogP contribution in [0.25, 0.3) is 10.9 Å². The van der Waals surface area contributed by atoms with Gasteiger partial charge in [0.2, 0.25) is 12.2 Å². The first kappa shape index (κ1) is 25.6. The zero-order valence-corrected chi connectivity index (χ0v) is 20.0. The van der Waals surface area contributed by atoms with Crippen molar-refractivity contribution in [2.24, 2.45) is 0 Å². The highest BCUT2D eigenvalue weighted by Gasteiger charge is 2.30. The Labute approximate surface area is 208 Å².